The van der Waals surface area contributed by atoms with E-state index >= 15 is 0 Å². The summed E-state index contributed by atoms with van der Waals surface area (Å²) in [5.74, 6) is 1.88. The van der Waals surface area contributed by atoms with Gasteiger partial charge in [0.05, 0.1) is 12.9 Å². The zero-order valence-electron chi connectivity index (χ0n) is 16.5. The molecule has 3 aromatic rings. The Morgan fingerprint density at radius 1 is 1.03 bits per heavy atom. The summed E-state index contributed by atoms with van der Waals surface area (Å²) in [5, 5.41) is 5.01. The van der Waals surface area contributed by atoms with Crippen LogP contribution in [0.1, 0.15) is 41.3 Å². The van der Waals surface area contributed by atoms with E-state index in [9.17, 15) is 4.79 Å². The van der Waals surface area contributed by atoms with Crippen molar-refractivity contribution in [3.05, 3.63) is 66.1 Å². The van der Waals surface area contributed by atoms with Crippen molar-refractivity contribution in [1.82, 2.24) is 10.2 Å². The molecule has 0 bridgehead atoms. The van der Waals surface area contributed by atoms with Gasteiger partial charge in [0, 0.05) is 42.4 Å². The Hall–Kier alpha value is -2.79. The number of amides is 1. The first-order valence-corrected chi connectivity index (χ1v) is 10.5. The molecule has 1 unspecified atom stereocenters. The smallest absolute Gasteiger partial charge is 0.287 e. The van der Waals surface area contributed by atoms with E-state index in [1.54, 1.807) is 6.26 Å². The predicted octanol–water partition coefficient (Wildman–Crippen LogP) is 4.19. The number of nitrogens with zero attached hydrogens (tertiary/aromatic N) is 1. The Bertz CT molecular complexity index is 1000. The van der Waals surface area contributed by atoms with Crippen molar-refractivity contribution in [2.24, 2.45) is 0 Å². The van der Waals surface area contributed by atoms with Gasteiger partial charge >= 0.3 is 0 Å². The molecule has 2 aliphatic heterocycles. The van der Waals surface area contributed by atoms with E-state index in [0.29, 0.717) is 11.7 Å². The number of furan rings is 1. The van der Waals surface area contributed by atoms with Crippen LogP contribution >= 0.6 is 0 Å². The van der Waals surface area contributed by atoms with Crippen LogP contribution in [0.5, 0.6) is 5.75 Å². The molecule has 0 radical (unpaired) electrons. The monoisotopic (exact) mass is 390 g/mol. The summed E-state index contributed by atoms with van der Waals surface area (Å²) >= 11 is 0. The first-order chi connectivity index (χ1) is 14.3. The van der Waals surface area contributed by atoms with Crippen LogP contribution in [-0.2, 0) is 0 Å². The highest BCUT2D eigenvalue weighted by Crippen LogP contribution is 2.34. The van der Waals surface area contributed by atoms with Gasteiger partial charge in [-0.2, -0.15) is 0 Å². The number of hydrogen-bond donors (Lipinski definition) is 1. The van der Waals surface area contributed by atoms with Gasteiger partial charge < -0.3 is 19.4 Å². The number of benzene rings is 2. The fourth-order valence-electron chi connectivity index (χ4n) is 4.60. The molecule has 0 spiro atoms. The van der Waals surface area contributed by atoms with Crippen LogP contribution in [0.25, 0.3) is 10.8 Å². The number of likely N-dealkylation sites (tertiary alicyclic amines) is 1. The summed E-state index contributed by atoms with van der Waals surface area (Å²) in [4.78, 5) is 15.2. The van der Waals surface area contributed by atoms with Crippen LogP contribution in [0.3, 0.4) is 0 Å². The zero-order valence-corrected chi connectivity index (χ0v) is 16.5. The van der Waals surface area contributed by atoms with Crippen LogP contribution in [0.15, 0.2) is 59.2 Å². The molecule has 150 valence electrons. The molecule has 1 aromatic heterocycles. The Labute approximate surface area is 170 Å². The fourth-order valence-corrected chi connectivity index (χ4v) is 4.60. The van der Waals surface area contributed by atoms with Crippen molar-refractivity contribution in [2.75, 3.05) is 26.2 Å². The second-order valence-electron chi connectivity index (χ2n) is 8.07. The van der Waals surface area contributed by atoms with E-state index in [1.807, 2.05) is 30.3 Å². The molecule has 1 atom stereocenters. The quantitative estimate of drug-likeness (QED) is 0.726. The molecule has 0 aliphatic carbocycles. The molecule has 5 rings (SSSR count). The molecule has 2 aromatic carbocycles. The lowest BCUT2D eigenvalue weighted by Crippen LogP contribution is -2.45. The lowest BCUT2D eigenvalue weighted by atomic mass is 9.91. The molecule has 5 heteroatoms. The normalized spacial score (nSPS) is 20.2. The molecular formula is C24H26N2O3. The summed E-state index contributed by atoms with van der Waals surface area (Å²) in [6, 6.07) is 16.4. The fraction of sp³-hybridized carbons (Fsp3) is 0.375. The van der Waals surface area contributed by atoms with Gasteiger partial charge in [-0.15, -0.1) is 0 Å². The molecule has 0 saturated carbocycles. The average molecular weight is 390 g/mol. The third-order valence-corrected chi connectivity index (χ3v) is 6.20. The van der Waals surface area contributed by atoms with Crippen LogP contribution in [-0.4, -0.2) is 43.1 Å². The van der Waals surface area contributed by atoms with Gasteiger partial charge in [0.15, 0.2) is 5.76 Å². The minimum Gasteiger partial charge on any atom is -0.493 e. The lowest BCUT2D eigenvalue weighted by Gasteiger charge is -2.36. The van der Waals surface area contributed by atoms with Crippen molar-refractivity contribution < 1.29 is 13.9 Å². The van der Waals surface area contributed by atoms with Crippen molar-refractivity contribution in [3.8, 4) is 5.75 Å². The zero-order chi connectivity index (χ0) is 19.6. The van der Waals surface area contributed by atoms with Crippen molar-refractivity contribution in [2.45, 2.75) is 31.2 Å². The highest BCUT2D eigenvalue weighted by molar-refractivity contribution is 6.04. The van der Waals surface area contributed by atoms with Crippen molar-refractivity contribution in [3.63, 3.8) is 0 Å². The molecule has 1 fully saturated rings. The number of ether oxygens (including phenoxy) is 1. The highest BCUT2D eigenvalue weighted by Gasteiger charge is 2.27. The average Bonchev–Trinajstić information content (AvgIpc) is 3.20. The topological polar surface area (TPSA) is 54.7 Å². The van der Waals surface area contributed by atoms with Gasteiger partial charge in [0.25, 0.3) is 5.91 Å². The number of carbonyl (C=O) groups is 1. The van der Waals surface area contributed by atoms with E-state index in [4.69, 9.17) is 9.15 Å². The van der Waals surface area contributed by atoms with Gasteiger partial charge in [-0.1, -0.05) is 42.5 Å². The third-order valence-electron chi connectivity index (χ3n) is 6.20. The van der Waals surface area contributed by atoms with Crippen LogP contribution < -0.4 is 10.1 Å². The van der Waals surface area contributed by atoms with Gasteiger partial charge in [0.1, 0.15) is 5.75 Å². The number of hydrogen-bond acceptors (Lipinski definition) is 4. The maximum Gasteiger partial charge on any atom is 0.287 e. The summed E-state index contributed by atoms with van der Waals surface area (Å²) in [6.45, 7) is 3.86. The van der Waals surface area contributed by atoms with Gasteiger partial charge in [0.2, 0.25) is 0 Å². The molecule has 3 heterocycles. The molecule has 1 saturated heterocycles. The summed E-state index contributed by atoms with van der Waals surface area (Å²) in [5.41, 5.74) is 1.33. The number of rotatable bonds is 4. The molecular weight excluding hydrogens is 364 g/mol. The van der Waals surface area contributed by atoms with E-state index in [2.05, 4.69) is 28.4 Å². The molecule has 1 N–H and O–H groups in total. The third kappa shape index (κ3) is 3.75. The van der Waals surface area contributed by atoms with E-state index in [0.717, 1.165) is 62.0 Å². The van der Waals surface area contributed by atoms with Crippen molar-refractivity contribution in [1.29, 1.82) is 0 Å². The standard InChI is InChI=1S/C24H26N2O3/c27-24(23-21-7-2-1-5-18(21)16-29-23)25-19-9-12-26(13-10-19)15-17-11-14-28-22-8-4-3-6-20(17)22/h1-8,16-17,19H,9-15H2,(H,25,27). The minimum absolute atomic E-state index is 0.108. The summed E-state index contributed by atoms with van der Waals surface area (Å²) < 4.78 is 11.3. The van der Waals surface area contributed by atoms with Crippen molar-refractivity contribution >= 4 is 16.7 Å². The van der Waals surface area contributed by atoms with Crippen LogP contribution in [0, 0.1) is 0 Å². The first kappa shape index (κ1) is 18.3. The highest BCUT2D eigenvalue weighted by atomic mass is 16.5. The van der Waals surface area contributed by atoms with E-state index in [1.165, 1.54) is 5.56 Å². The molecule has 1 amide bonds. The maximum absolute atomic E-state index is 12.7. The SMILES string of the molecule is O=C(NC1CCN(CC2CCOc3ccccc32)CC1)c1occ2ccccc12. The first-order valence-electron chi connectivity index (χ1n) is 10.5. The Balaban J connectivity index is 1.17. The number of nitrogens with one attached hydrogen (secondary N) is 1. The largest absolute Gasteiger partial charge is 0.493 e. The van der Waals surface area contributed by atoms with Gasteiger partial charge in [-0.25, -0.2) is 0 Å². The number of para-hydroxylation sites is 1. The number of piperidine rings is 1. The minimum atomic E-state index is -0.108. The number of carbonyl (C=O) groups excluding carboxylic acids is 1. The Morgan fingerprint density at radius 2 is 1.83 bits per heavy atom. The number of fused-ring (bicyclic) bond motifs is 2. The van der Waals surface area contributed by atoms with E-state index < -0.39 is 0 Å². The maximum atomic E-state index is 12.7. The van der Waals surface area contributed by atoms with Gasteiger partial charge in [-0.3, -0.25) is 4.79 Å². The summed E-state index contributed by atoms with van der Waals surface area (Å²) in [6.07, 6.45) is 4.66. The Kier molecular flexibility index (Phi) is 4.98. The van der Waals surface area contributed by atoms with E-state index in [-0.39, 0.29) is 11.9 Å². The Morgan fingerprint density at radius 3 is 2.72 bits per heavy atom. The molecule has 29 heavy (non-hydrogen) atoms. The molecule has 5 nitrogen and oxygen atoms in total. The summed E-state index contributed by atoms with van der Waals surface area (Å²) in [7, 11) is 0. The predicted molar refractivity (Wildman–Crippen MR) is 112 cm³/mol. The second kappa shape index (κ2) is 7.91. The van der Waals surface area contributed by atoms with Gasteiger partial charge in [-0.05, 0) is 30.9 Å². The second-order valence-corrected chi connectivity index (χ2v) is 8.07. The van der Waals surface area contributed by atoms with Crippen LogP contribution in [0.4, 0.5) is 0 Å². The molecule has 2 aliphatic rings. The van der Waals surface area contributed by atoms with Crippen LogP contribution in [0.2, 0.25) is 0 Å². The lowest BCUT2D eigenvalue weighted by molar-refractivity contribution is 0.0881.